The van der Waals surface area contributed by atoms with Gasteiger partial charge in [0.2, 0.25) is 10.0 Å². The Labute approximate surface area is 220 Å². The molecule has 1 aromatic heterocycles. The molecule has 4 rings (SSSR count). The van der Waals surface area contributed by atoms with Crippen LogP contribution in [0.15, 0.2) is 54.6 Å². The van der Waals surface area contributed by atoms with E-state index in [0.717, 1.165) is 41.5 Å². The second-order valence-electron chi connectivity index (χ2n) is 8.57. The Bertz CT molecular complexity index is 1190. The van der Waals surface area contributed by atoms with E-state index in [9.17, 15) is 8.42 Å². The number of hydrogen-bond donors (Lipinski definition) is 3. The Hall–Kier alpha value is -2.10. The highest BCUT2D eigenvalue weighted by Crippen LogP contribution is 2.34. The van der Waals surface area contributed by atoms with Crippen molar-refractivity contribution in [1.82, 2.24) is 15.0 Å². The first-order chi connectivity index (χ1) is 15.9. The molecule has 3 N–H and O–H groups in total. The van der Waals surface area contributed by atoms with Gasteiger partial charge in [-0.3, -0.25) is 0 Å². The molecule has 0 saturated carbocycles. The van der Waals surface area contributed by atoms with Crippen LogP contribution in [0.25, 0.3) is 10.9 Å². The van der Waals surface area contributed by atoms with Crippen LogP contribution in [-0.4, -0.2) is 45.4 Å². The Morgan fingerprint density at radius 2 is 1.89 bits per heavy atom. The number of halogens is 2. The summed E-state index contributed by atoms with van der Waals surface area (Å²) >= 11 is 0. The van der Waals surface area contributed by atoms with Gasteiger partial charge in [-0.1, -0.05) is 48.9 Å². The van der Waals surface area contributed by atoms with Crippen molar-refractivity contribution in [3.05, 3.63) is 65.9 Å². The SMILES string of the molecule is Cc1cc(N[C@@H](c2ccccc2)[C@@H]2CCCCN2)c2cccc(OCCNS(C)(=O)=O)c2n1.Cl.Cl. The summed E-state index contributed by atoms with van der Waals surface area (Å²) in [5, 5.41) is 8.49. The number of aromatic nitrogens is 1. The molecule has 0 spiro atoms. The molecular weight excluding hydrogens is 507 g/mol. The minimum Gasteiger partial charge on any atom is -0.490 e. The summed E-state index contributed by atoms with van der Waals surface area (Å²) in [5.41, 5.74) is 3.92. The highest BCUT2D eigenvalue weighted by Gasteiger charge is 2.25. The van der Waals surface area contributed by atoms with E-state index in [1.54, 1.807) is 0 Å². The Balaban J connectivity index is 0.00000216. The molecule has 1 saturated heterocycles. The predicted molar refractivity (Wildman–Crippen MR) is 148 cm³/mol. The molecule has 10 heteroatoms. The molecule has 1 aliphatic heterocycles. The third-order valence-corrected chi connectivity index (χ3v) is 6.60. The van der Waals surface area contributed by atoms with Crippen molar-refractivity contribution in [1.29, 1.82) is 0 Å². The first-order valence-corrected chi connectivity index (χ1v) is 13.3. The number of benzene rings is 2. The number of fused-ring (bicyclic) bond motifs is 1. The minimum absolute atomic E-state index is 0. The quantitative estimate of drug-likeness (QED) is 0.343. The number of hydrogen-bond acceptors (Lipinski definition) is 6. The molecule has 7 nitrogen and oxygen atoms in total. The molecule has 0 radical (unpaired) electrons. The number of ether oxygens (including phenoxy) is 1. The fourth-order valence-electron chi connectivity index (χ4n) is 4.38. The molecule has 1 fully saturated rings. The van der Waals surface area contributed by atoms with Crippen LogP contribution in [-0.2, 0) is 10.0 Å². The molecule has 0 bridgehead atoms. The van der Waals surface area contributed by atoms with E-state index in [-0.39, 0.29) is 44.0 Å². The number of nitrogens with one attached hydrogen (secondary N) is 3. The first kappa shape index (κ1) is 29.1. The van der Waals surface area contributed by atoms with Gasteiger partial charge < -0.3 is 15.4 Å². The van der Waals surface area contributed by atoms with Crippen molar-refractivity contribution < 1.29 is 13.2 Å². The highest BCUT2D eigenvalue weighted by atomic mass is 35.5. The van der Waals surface area contributed by atoms with E-state index in [0.29, 0.717) is 11.8 Å². The van der Waals surface area contributed by atoms with Gasteiger partial charge in [-0.25, -0.2) is 18.1 Å². The molecule has 2 heterocycles. The van der Waals surface area contributed by atoms with E-state index >= 15 is 0 Å². The van der Waals surface area contributed by atoms with E-state index in [1.807, 2.05) is 31.2 Å². The maximum Gasteiger partial charge on any atom is 0.208 e. The van der Waals surface area contributed by atoms with Crippen LogP contribution in [0.3, 0.4) is 0 Å². The number of nitrogens with zero attached hydrogens (tertiary/aromatic N) is 1. The van der Waals surface area contributed by atoms with E-state index in [4.69, 9.17) is 9.72 Å². The van der Waals surface area contributed by atoms with Crippen LogP contribution in [0.2, 0.25) is 0 Å². The van der Waals surface area contributed by atoms with Crippen LogP contribution < -0.4 is 20.1 Å². The predicted octanol–water partition coefficient (Wildman–Crippen LogP) is 4.61. The number of anilines is 1. The maximum atomic E-state index is 11.3. The van der Waals surface area contributed by atoms with Gasteiger partial charge in [-0.15, -0.1) is 24.8 Å². The second-order valence-corrected chi connectivity index (χ2v) is 10.4. The number of rotatable bonds is 9. The third-order valence-electron chi connectivity index (χ3n) is 5.87. The van der Waals surface area contributed by atoms with Crippen molar-refractivity contribution in [3.63, 3.8) is 0 Å². The summed E-state index contributed by atoms with van der Waals surface area (Å²) in [7, 11) is -3.25. The van der Waals surface area contributed by atoms with Crippen LogP contribution in [0, 0.1) is 6.92 Å². The Morgan fingerprint density at radius 3 is 2.57 bits per heavy atom. The fourth-order valence-corrected chi connectivity index (χ4v) is 4.84. The van der Waals surface area contributed by atoms with Crippen LogP contribution >= 0.6 is 24.8 Å². The third kappa shape index (κ3) is 7.95. The molecule has 2 atom stereocenters. The van der Waals surface area contributed by atoms with E-state index in [1.165, 1.54) is 18.4 Å². The molecule has 0 amide bonds. The lowest BCUT2D eigenvalue weighted by molar-refractivity contribution is 0.326. The Morgan fingerprint density at radius 1 is 1.11 bits per heavy atom. The van der Waals surface area contributed by atoms with E-state index < -0.39 is 10.0 Å². The lowest BCUT2D eigenvalue weighted by Gasteiger charge is -2.33. The van der Waals surface area contributed by atoms with Crippen LogP contribution in [0.4, 0.5) is 5.69 Å². The summed E-state index contributed by atoms with van der Waals surface area (Å²) < 4.78 is 31.0. The standard InChI is InChI=1S/C25H32N4O3S.2ClH/c1-18-17-22(29-24(19-9-4-3-5-10-19)21-12-6-7-14-26-21)20-11-8-13-23(25(20)28-18)32-16-15-27-33(2,30)31;;/h3-5,8-11,13,17,21,24,26-27H,6-7,12,14-16H2,1-2H3,(H,28,29);2*1H/t21-,24-;;/m0../s1. The zero-order chi connectivity index (χ0) is 23.3. The first-order valence-electron chi connectivity index (χ1n) is 11.4. The van der Waals surface area contributed by atoms with Gasteiger partial charge in [0.1, 0.15) is 17.9 Å². The zero-order valence-corrected chi connectivity index (χ0v) is 22.4. The summed E-state index contributed by atoms with van der Waals surface area (Å²) in [6, 6.07) is 19.0. The maximum absolute atomic E-state index is 11.3. The summed E-state index contributed by atoms with van der Waals surface area (Å²) in [4.78, 5) is 4.74. The van der Waals surface area contributed by atoms with E-state index in [2.05, 4.69) is 45.7 Å². The fraction of sp³-hybridized carbons (Fsp3) is 0.400. The molecule has 0 aliphatic carbocycles. The van der Waals surface area contributed by atoms with Crippen molar-refractivity contribution >= 4 is 51.4 Å². The van der Waals surface area contributed by atoms with Crippen LogP contribution in [0.5, 0.6) is 5.75 Å². The largest absolute Gasteiger partial charge is 0.490 e. The minimum atomic E-state index is -3.25. The average Bonchev–Trinajstić information content (AvgIpc) is 2.81. The Kier molecular flexibility index (Phi) is 11.0. The molecule has 192 valence electrons. The van der Waals surface area contributed by atoms with Crippen LogP contribution in [0.1, 0.15) is 36.6 Å². The molecule has 1 aliphatic rings. The number of pyridine rings is 1. The van der Waals surface area contributed by atoms with Crippen molar-refractivity contribution in [2.24, 2.45) is 0 Å². The summed E-state index contributed by atoms with van der Waals surface area (Å²) in [6.07, 6.45) is 4.69. The van der Waals surface area contributed by atoms with Crippen molar-refractivity contribution in [2.45, 2.75) is 38.3 Å². The van der Waals surface area contributed by atoms with Crippen molar-refractivity contribution in [3.8, 4) is 5.75 Å². The normalized spacial score (nSPS) is 16.6. The van der Waals surface area contributed by atoms with Gasteiger partial charge in [0.15, 0.2) is 0 Å². The molecule has 2 aromatic carbocycles. The number of sulfonamides is 1. The zero-order valence-electron chi connectivity index (χ0n) is 20.0. The van der Waals surface area contributed by atoms with Gasteiger partial charge in [0.25, 0.3) is 0 Å². The van der Waals surface area contributed by atoms with Gasteiger partial charge in [-0.05, 0) is 44.0 Å². The summed E-state index contributed by atoms with van der Waals surface area (Å²) in [6.45, 7) is 3.44. The average molecular weight is 542 g/mol. The summed E-state index contributed by atoms with van der Waals surface area (Å²) in [5.74, 6) is 0.640. The molecule has 35 heavy (non-hydrogen) atoms. The number of para-hydroxylation sites is 1. The van der Waals surface area contributed by atoms with Gasteiger partial charge in [-0.2, -0.15) is 0 Å². The topological polar surface area (TPSA) is 92.4 Å². The molecule has 3 aromatic rings. The second kappa shape index (κ2) is 13.3. The molecular formula is C25H34Cl2N4O3S. The highest BCUT2D eigenvalue weighted by molar-refractivity contribution is 7.88. The number of piperidine rings is 1. The monoisotopic (exact) mass is 540 g/mol. The smallest absolute Gasteiger partial charge is 0.208 e. The lowest BCUT2D eigenvalue weighted by atomic mass is 9.92. The van der Waals surface area contributed by atoms with Gasteiger partial charge >= 0.3 is 0 Å². The van der Waals surface area contributed by atoms with Crippen molar-refractivity contribution in [2.75, 3.05) is 31.3 Å². The number of aryl methyl sites for hydroxylation is 1. The lowest BCUT2D eigenvalue weighted by Crippen LogP contribution is -2.41. The van der Waals surface area contributed by atoms with Gasteiger partial charge in [0, 0.05) is 29.4 Å². The molecule has 0 unspecified atom stereocenters. The van der Waals surface area contributed by atoms with Gasteiger partial charge in [0.05, 0.1) is 12.3 Å².